The largest absolute Gasteiger partial charge is 0.352 e. The van der Waals surface area contributed by atoms with Gasteiger partial charge in [-0.1, -0.05) is 30.7 Å². The molecule has 0 atom stereocenters. The van der Waals surface area contributed by atoms with Crippen LogP contribution >= 0.6 is 38.9 Å². The Morgan fingerprint density at radius 3 is 1.89 bits per heavy atom. The number of fused-ring (bicyclic) bond motifs is 2. The SMILES string of the molecule is CC(=O)c1[nH]c2ccc(C)cc2c1C=O.CC(=O)c1cc2cc(C)ccc2[nH]1.CF.O=P(Cl)(Cl)Cl.[2H][13CH3]. The number of hydrogen-bond donors (Lipinski definition) is 2. The van der Waals surface area contributed by atoms with Gasteiger partial charge in [-0.25, -0.2) is 0 Å². The molecule has 0 saturated heterocycles. The van der Waals surface area contributed by atoms with Crippen molar-refractivity contribution in [2.45, 2.75) is 35.1 Å². The Hall–Kier alpha value is -2.44. The third-order valence-electron chi connectivity index (χ3n) is 4.62. The second-order valence-electron chi connectivity index (χ2n) is 7.37. The van der Waals surface area contributed by atoms with Gasteiger partial charge in [-0.05, 0) is 77.9 Å². The van der Waals surface area contributed by atoms with Gasteiger partial charge in [0, 0.05) is 37.0 Å². The summed E-state index contributed by atoms with van der Waals surface area (Å²) in [5, 5.41) is -1.31. The molecule has 0 saturated carbocycles. The lowest BCUT2D eigenvalue weighted by atomic mass is 10.1. The van der Waals surface area contributed by atoms with Gasteiger partial charge in [0.15, 0.2) is 17.9 Å². The predicted octanol–water partition coefficient (Wildman–Crippen LogP) is 9.20. The van der Waals surface area contributed by atoms with Crippen LogP contribution < -0.4 is 0 Å². The highest BCUT2D eigenvalue weighted by atomic mass is 36.0. The molecule has 2 N–H and O–H groups in total. The Morgan fingerprint density at radius 1 is 0.917 bits per heavy atom. The van der Waals surface area contributed by atoms with E-state index in [0.29, 0.717) is 24.1 Å². The fourth-order valence-corrected chi connectivity index (χ4v) is 3.17. The number of nitrogens with one attached hydrogen (secondary N) is 2. The zero-order valence-electron chi connectivity index (χ0n) is 21.7. The molecule has 196 valence electrons. The zero-order valence-corrected chi connectivity index (χ0v) is 23.9. The number of halogens is 4. The number of aromatic nitrogens is 2. The summed E-state index contributed by atoms with van der Waals surface area (Å²) in [6.45, 7) is 7.01. The molecule has 0 aliphatic heterocycles. The first-order valence-electron chi connectivity index (χ1n) is 11.1. The van der Waals surface area contributed by atoms with Crippen LogP contribution in [0.25, 0.3) is 21.8 Å². The third kappa shape index (κ3) is 10.3. The molecule has 0 fully saturated rings. The number of aldehydes is 1. The Balaban J connectivity index is 0.000000537. The average Bonchev–Trinajstić information content (AvgIpc) is 3.42. The van der Waals surface area contributed by atoms with Crippen LogP contribution in [0.5, 0.6) is 0 Å². The number of aromatic amines is 2. The number of rotatable bonds is 3. The van der Waals surface area contributed by atoms with Gasteiger partial charge in [-0.3, -0.25) is 23.3 Å². The number of ketones is 2. The zero-order chi connectivity index (χ0) is 28.9. The maximum atomic E-state index is 11.3. The molecule has 6 nitrogen and oxygen atoms in total. The summed E-state index contributed by atoms with van der Waals surface area (Å²) >= 11 is 13.8. The first-order valence-corrected chi connectivity index (χ1v) is 14.5. The van der Waals surface area contributed by atoms with Gasteiger partial charge in [0.1, 0.15) is 0 Å². The Morgan fingerprint density at radius 2 is 1.42 bits per heavy atom. The molecule has 0 aliphatic rings. The molecule has 4 rings (SSSR count). The number of carbonyl (C=O) groups is 3. The molecule has 11 heteroatoms. The van der Waals surface area contributed by atoms with Gasteiger partial charge in [-0.2, -0.15) is 0 Å². The average molecular weight is 580 g/mol. The van der Waals surface area contributed by atoms with E-state index in [1.54, 1.807) is 6.92 Å². The predicted molar refractivity (Wildman–Crippen MR) is 150 cm³/mol. The molecule has 0 radical (unpaired) electrons. The van der Waals surface area contributed by atoms with Crippen LogP contribution in [-0.4, -0.2) is 35.0 Å². The van der Waals surface area contributed by atoms with Crippen molar-refractivity contribution in [2.24, 2.45) is 0 Å². The van der Waals surface area contributed by atoms with E-state index in [0.717, 1.165) is 33.7 Å². The molecule has 2 aromatic heterocycles. The summed E-state index contributed by atoms with van der Waals surface area (Å²) in [5.41, 5.74) is 5.66. The summed E-state index contributed by atoms with van der Waals surface area (Å²) in [6.07, 6.45) is 0.731. The van der Waals surface area contributed by atoms with E-state index in [1.807, 2.05) is 50.2 Å². The van der Waals surface area contributed by atoms with E-state index >= 15 is 0 Å². The summed E-state index contributed by atoms with van der Waals surface area (Å²) in [6, 6.07) is 13.7. The van der Waals surface area contributed by atoms with Crippen LogP contribution in [-0.2, 0) is 4.57 Å². The smallest absolute Gasteiger partial charge is 0.339 e. The molecule has 0 unspecified atom stereocenters. The second kappa shape index (κ2) is 15.0. The quantitative estimate of drug-likeness (QED) is 0.109. The molecule has 0 amide bonds. The number of carbonyl (C=O) groups excluding carboxylic acids is 3. The van der Waals surface area contributed by atoms with E-state index in [4.69, 9.17) is 1.37 Å². The van der Waals surface area contributed by atoms with E-state index in [1.165, 1.54) is 19.9 Å². The van der Waals surface area contributed by atoms with Gasteiger partial charge in [0.05, 0.1) is 24.1 Å². The molecule has 0 spiro atoms. The lowest BCUT2D eigenvalue weighted by molar-refractivity contribution is 0.0998. The molecule has 2 heterocycles. The highest BCUT2D eigenvalue weighted by Crippen LogP contribution is 2.61. The number of benzene rings is 2. The van der Waals surface area contributed by atoms with Gasteiger partial charge in [-0.15, -0.1) is 0 Å². The number of H-pyrrole nitrogens is 2. The van der Waals surface area contributed by atoms with Crippen molar-refractivity contribution in [3.63, 3.8) is 0 Å². The highest BCUT2D eigenvalue weighted by molar-refractivity contribution is 8.24. The van der Waals surface area contributed by atoms with Gasteiger partial charge in [0.25, 0.3) is 0 Å². The Bertz CT molecular complexity index is 1390. The van der Waals surface area contributed by atoms with E-state index in [2.05, 4.69) is 49.8 Å². The summed E-state index contributed by atoms with van der Waals surface area (Å²) in [5.74, 6) is -0.0418. The monoisotopic (exact) mass is 578 g/mol. The lowest BCUT2D eigenvalue weighted by Crippen LogP contribution is -1.96. The van der Waals surface area contributed by atoms with Crippen molar-refractivity contribution in [1.82, 2.24) is 9.97 Å². The minimum Gasteiger partial charge on any atom is -0.352 e. The van der Waals surface area contributed by atoms with E-state index in [9.17, 15) is 23.3 Å². The third-order valence-corrected chi connectivity index (χ3v) is 4.62. The summed E-state index contributed by atoms with van der Waals surface area (Å²) < 4.78 is 24.8. The fraction of sp³-hybridized carbons (Fsp3) is 0.240. The number of aryl methyl sites for hydroxylation is 2. The molecule has 0 aliphatic carbocycles. The normalized spacial score (nSPS) is 10.2. The van der Waals surface area contributed by atoms with Crippen molar-refractivity contribution in [3.05, 3.63) is 70.5 Å². The van der Waals surface area contributed by atoms with Crippen molar-refractivity contribution in [1.29, 1.82) is 0 Å². The number of alkyl halides is 1. The molecular formula is C25H29Cl3FN2O4P. The number of Topliss-reactive ketones (excluding diaryl/α,β-unsaturated/α-hetero) is 2. The summed E-state index contributed by atoms with van der Waals surface area (Å²) in [7, 11) is 1.75. The Labute approximate surface area is 225 Å². The van der Waals surface area contributed by atoms with Crippen LogP contribution in [0.15, 0.2) is 42.5 Å². The molecule has 36 heavy (non-hydrogen) atoms. The molecule has 0 bridgehead atoms. The van der Waals surface area contributed by atoms with Gasteiger partial charge >= 0.3 is 5.20 Å². The highest BCUT2D eigenvalue weighted by Gasteiger charge is 2.13. The Kier molecular flexibility index (Phi) is 13.1. The van der Waals surface area contributed by atoms with Crippen LogP contribution in [0.3, 0.4) is 0 Å². The van der Waals surface area contributed by atoms with Crippen molar-refractivity contribution in [2.75, 3.05) is 7.18 Å². The fourth-order valence-electron chi connectivity index (χ4n) is 3.17. The minimum absolute atomic E-state index is 0.0776. The molecule has 4 aromatic rings. The van der Waals surface area contributed by atoms with Crippen molar-refractivity contribution in [3.8, 4) is 0 Å². The number of hydrogen-bond acceptors (Lipinski definition) is 4. The maximum absolute atomic E-state index is 11.3. The van der Waals surface area contributed by atoms with E-state index < -0.39 is 5.20 Å². The van der Waals surface area contributed by atoms with Crippen molar-refractivity contribution >= 4 is 78.6 Å². The topological polar surface area (TPSA) is 99.9 Å². The van der Waals surface area contributed by atoms with E-state index in [-0.39, 0.29) is 11.6 Å². The first-order chi connectivity index (χ1) is 17.3. The van der Waals surface area contributed by atoms with Crippen LogP contribution in [0.4, 0.5) is 4.39 Å². The van der Waals surface area contributed by atoms with Crippen LogP contribution in [0.2, 0.25) is 0 Å². The maximum Gasteiger partial charge on any atom is 0.339 e. The molecular weight excluding hydrogens is 550 g/mol. The first kappa shape index (κ1) is 31.6. The molecule has 2 aromatic carbocycles. The summed E-state index contributed by atoms with van der Waals surface area (Å²) in [4.78, 5) is 39.3. The van der Waals surface area contributed by atoms with Gasteiger partial charge < -0.3 is 9.97 Å². The lowest BCUT2D eigenvalue weighted by Gasteiger charge is -1.93. The van der Waals surface area contributed by atoms with Crippen molar-refractivity contribution < 1.29 is 24.7 Å². The second-order valence-corrected chi connectivity index (χ2v) is 14.0. The minimum atomic E-state index is -3.22. The standard InChI is InChI=1S/C12H11NO2.C11H11NO.CH3F.CH4.Cl3OP/c1-7-3-4-11-9(5-7)10(6-14)12(13-11)8(2)15;1-7-3-4-10-9(5-7)6-11(12-10)8(2)13;1-2;;1-5(2,3)4/h3-6,13H,1-2H3;3-6,12H,1-2H3;1H3;1H4;/i;;;1+1D;. The van der Waals surface area contributed by atoms with Gasteiger partial charge in [0.2, 0.25) is 0 Å². The van der Waals surface area contributed by atoms with Crippen LogP contribution in [0, 0.1) is 13.8 Å². The van der Waals surface area contributed by atoms with Crippen LogP contribution in [0.1, 0.15) is 65.1 Å².